The first kappa shape index (κ1) is 24.4. The third kappa shape index (κ3) is 5.86. The molecule has 2 amide bonds. The summed E-state index contributed by atoms with van der Waals surface area (Å²) in [5, 5.41) is 6.53. The van der Waals surface area contributed by atoms with Gasteiger partial charge in [0.2, 0.25) is 5.91 Å². The van der Waals surface area contributed by atoms with Crippen molar-refractivity contribution in [2.24, 2.45) is 0 Å². The van der Waals surface area contributed by atoms with E-state index in [1.54, 1.807) is 4.90 Å². The van der Waals surface area contributed by atoms with Gasteiger partial charge in [0.1, 0.15) is 12.7 Å². The third-order valence-electron chi connectivity index (χ3n) is 5.90. The van der Waals surface area contributed by atoms with Crippen molar-refractivity contribution in [3.05, 3.63) is 71.8 Å². The standard InChI is InChI=1S/C24H25F3N6O2/c1-2-17-3-5-18(6-4-17)23(35)32-11-9-31(10-12-32)14-22(34)30-20-13-19(24(25,26)27)7-8-21(20)33-16-28-15-29-33/h3-8,13,15-16H,2,9-12,14H2,1H3,(H,30,34). The van der Waals surface area contributed by atoms with Crippen molar-refractivity contribution in [2.45, 2.75) is 19.5 Å². The smallest absolute Gasteiger partial charge is 0.336 e. The molecule has 8 nitrogen and oxygen atoms in total. The molecule has 0 unspecified atom stereocenters. The number of aromatic nitrogens is 3. The van der Waals surface area contributed by atoms with E-state index in [0.29, 0.717) is 31.7 Å². The Hall–Kier alpha value is -3.73. The number of amides is 2. The minimum Gasteiger partial charge on any atom is -0.336 e. The molecule has 3 aromatic rings. The van der Waals surface area contributed by atoms with Crippen LogP contribution >= 0.6 is 0 Å². The molecule has 184 valence electrons. The van der Waals surface area contributed by atoms with Gasteiger partial charge in [-0.1, -0.05) is 19.1 Å². The molecule has 0 saturated carbocycles. The second-order valence-electron chi connectivity index (χ2n) is 8.24. The van der Waals surface area contributed by atoms with Gasteiger partial charge in [-0.15, -0.1) is 0 Å². The van der Waals surface area contributed by atoms with Crippen LogP contribution in [0, 0.1) is 0 Å². The van der Waals surface area contributed by atoms with Crippen LogP contribution in [0.25, 0.3) is 5.69 Å². The quantitative estimate of drug-likeness (QED) is 0.579. The highest BCUT2D eigenvalue weighted by atomic mass is 19.4. The second kappa shape index (κ2) is 10.3. The van der Waals surface area contributed by atoms with Gasteiger partial charge >= 0.3 is 6.18 Å². The van der Waals surface area contributed by atoms with Crippen LogP contribution in [0.4, 0.5) is 18.9 Å². The molecular formula is C24H25F3N6O2. The normalized spacial score (nSPS) is 14.7. The molecule has 1 aliphatic heterocycles. The predicted molar refractivity (Wildman–Crippen MR) is 123 cm³/mol. The minimum absolute atomic E-state index is 0.0136. The van der Waals surface area contributed by atoms with Crippen LogP contribution in [0.3, 0.4) is 0 Å². The van der Waals surface area contributed by atoms with Gasteiger partial charge in [-0.3, -0.25) is 14.5 Å². The fourth-order valence-electron chi connectivity index (χ4n) is 3.91. The van der Waals surface area contributed by atoms with E-state index >= 15 is 0 Å². The van der Waals surface area contributed by atoms with Crippen LogP contribution in [0.1, 0.15) is 28.4 Å². The van der Waals surface area contributed by atoms with Gasteiger partial charge in [0, 0.05) is 31.7 Å². The molecule has 0 aliphatic carbocycles. The summed E-state index contributed by atoms with van der Waals surface area (Å²) < 4.78 is 41.0. The van der Waals surface area contributed by atoms with E-state index < -0.39 is 17.6 Å². The number of nitrogens with one attached hydrogen (secondary N) is 1. The van der Waals surface area contributed by atoms with Crippen LogP contribution in [-0.4, -0.2) is 69.1 Å². The largest absolute Gasteiger partial charge is 0.416 e. The van der Waals surface area contributed by atoms with Crippen LogP contribution in [0.5, 0.6) is 0 Å². The Balaban J connectivity index is 1.37. The Bertz CT molecular complexity index is 1170. The van der Waals surface area contributed by atoms with Crippen molar-refractivity contribution in [1.29, 1.82) is 0 Å². The van der Waals surface area contributed by atoms with Gasteiger partial charge in [0.05, 0.1) is 23.5 Å². The SMILES string of the molecule is CCc1ccc(C(=O)N2CCN(CC(=O)Nc3cc(C(F)(F)F)ccc3-n3cncn3)CC2)cc1. The summed E-state index contributed by atoms with van der Waals surface area (Å²) in [6, 6.07) is 10.6. The van der Waals surface area contributed by atoms with Crippen LogP contribution in [0.15, 0.2) is 55.1 Å². The molecule has 1 aliphatic rings. The first-order valence-corrected chi connectivity index (χ1v) is 11.2. The van der Waals surface area contributed by atoms with Crippen molar-refractivity contribution in [3.63, 3.8) is 0 Å². The first-order valence-electron chi connectivity index (χ1n) is 11.2. The summed E-state index contributed by atoms with van der Waals surface area (Å²) >= 11 is 0. The van der Waals surface area contributed by atoms with E-state index in [2.05, 4.69) is 22.3 Å². The van der Waals surface area contributed by atoms with Gasteiger partial charge in [-0.25, -0.2) is 9.67 Å². The number of rotatable bonds is 6. The van der Waals surface area contributed by atoms with E-state index in [0.717, 1.165) is 24.1 Å². The van der Waals surface area contributed by atoms with Crippen molar-refractivity contribution in [2.75, 3.05) is 38.0 Å². The summed E-state index contributed by atoms with van der Waals surface area (Å²) in [7, 11) is 0. The third-order valence-corrected chi connectivity index (χ3v) is 5.90. The van der Waals surface area contributed by atoms with E-state index in [4.69, 9.17) is 0 Å². The molecule has 0 radical (unpaired) electrons. The maximum absolute atomic E-state index is 13.2. The Morgan fingerprint density at radius 3 is 2.34 bits per heavy atom. The molecule has 11 heteroatoms. The van der Waals surface area contributed by atoms with Gasteiger partial charge in [0.15, 0.2) is 0 Å². The minimum atomic E-state index is -4.56. The number of nitrogens with zero attached hydrogens (tertiary/aromatic N) is 5. The summed E-state index contributed by atoms with van der Waals surface area (Å²) in [5.41, 5.74) is 1.16. The summed E-state index contributed by atoms with van der Waals surface area (Å²) in [4.78, 5) is 32.9. The highest BCUT2D eigenvalue weighted by Gasteiger charge is 2.31. The molecule has 2 heterocycles. The average molecular weight is 486 g/mol. The van der Waals surface area contributed by atoms with Gasteiger partial charge in [-0.05, 0) is 42.3 Å². The molecule has 0 spiro atoms. The van der Waals surface area contributed by atoms with Crippen LogP contribution in [-0.2, 0) is 17.4 Å². The molecule has 1 aromatic heterocycles. The number of carbonyl (C=O) groups excluding carboxylic acids is 2. The molecule has 1 saturated heterocycles. The highest BCUT2D eigenvalue weighted by molar-refractivity contribution is 5.95. The lowest BCUT2D eigenvalue weighted by atomic mass is 10.1. The second-order valence-corrected chi connectivity index (χ2v) is 8.24. The lowest BCUT2D eigenvalue weighted by molar-refractivity contribution is -0.137. The summed E-state index contributed by atoms with van der Waals surface area (Å²) in [6.07, 6.45) is -1.07. The maximum atomic E-state index is 13.2. The molecule has 4 rings (SSSR count). The molecule has 0 atom stereocenters. The molecule has 0 bridgehead atoms. The van der Waals surface area contributed by atoms with Gasteiger partial charge in [-0.2, -0.15) is 18.3 Å². The van der Waals surface area contributed by atoms with Crippen LogP contribution < -0.4 is 5.32 Å². The zero-order valence-electron chi connectivity index (χ0n) is 19.1. The van der Waals surface area contributed by atoms with E-state index in [-0.39, 0.29) is 23.8 Å². The van der Waals surface area contributed by atoms with Gasteiger partial charge in [0.25, 0.3) is 5.91 Å². The predicted octanol–water partition coefficient (Wildman–Crippen LogP) is 3.25. The Morgan fingerprint density at radius 1 is 1.03 bits per heavy atom. The number of halogens is 3. The van der Waals surface area contributed by atoms with Crippen molar-refractivity contribution in [3.8, 4) is 5.69 Å². The highest BCUT2D eigenvalue weighted by Crippen LogP contribution is 2.33. The number of hydrogen-bond donors (Lipinski definition) is 1. The molecule has 1 fully saturated rings. The van der Waals surface area contributed by atoms with E-state index in [1.807, 2.05) is 29.2 Å². The Morgan fingerprint density at radius 2 is 1.74 bits per heavy atom. The van der Waals surface area contributed by atoms with Crippen molar-refractivity contribution in [1.82, 2.24) is 24.6 Å². The number of carbonyl (C=O) groups is 2. The fourth-order valence-corrected chi connectivity index (χ4v) is 3.91. The van der Waals surface area contributed by atoms with Crippen molar-refractivity contribution < 1.29 is 22.8 Å². The maximum Gasteiger partial charge on any atom is 0.416 e. The lowest BCUT2D eigenvalue weighted by Crippen LogP contribution is -2.50. The summed E-state index contributed by atoms with van der Waals surface area (Å²) in [5.74, 6) is -0.515. The summed E-state index contributed by atoms with van der Waals surface area (Å²) in [6.45, 7) is 3.90. The fraction of sp³-hybridized carbons (Fsp3) is 0.333. The first-order chi connectivity index (χ1) is 16.7. The Kier molecular flexibility index (Phi) is 7.15. The number of hydrogen-bond acceptors (Lipinski definition) is 5. The number of benzene rings is 2. The Labute approximate surface area is 200 Å². The monoisotopic (exact) mass is 486 g/mol. The molecule has 35 heavy (non-hydrogen) atoms. The zero-order chi connectivity index (χ0) is 25.0. The topological polar surface area (TPSA) is 83.4 Å². The average Bonchev–Trinajstić information content (AvgIpc) is 3.38. The zero-order valence-corrected chi connectivity index (χ0v) is 19.1. The van der Waals surface area contributed by atoms with E-state index in [1.165, 1.54) is 23.4 Å². The lowest BCUT2D eigenvalue weighted by Gasteiger charge is -2.34. The molecule has 1 N–H and O–H groups in total. The van der Waals surface area contributed by atoms with Gasteiger partial charge < -0.3 is 10.2 Å². The van der Waals surface area contributed by atoms with Crippen molar-refractivity contribution >= 4 is 17.5 Å². The number of alkyl halides is 3. The number of anilines is 1. The van der Waals surface area contributed by atoms with E-state index in [9.17, 15) is 22.8 Å². The number of aryl methyl sites for hydroxylation is 1. The molecular weight excluding hydrogens is 461 g/mol. The molecule has 2 aromatic carbocycles. The number of piperazine rings is 1. The van der Waals surface area contributed by atoms with Crippen LogP contribution in [0.2, 0.25) is 0 Å².